The SMILES string of the molecule is CCOC(=O)C(C)Sc1cnc(NC(=O)N(CC2CCCC2)c2cccc(C(=O)NC)c2)s1. The van der Waals surface area contributed by atoms with E-state index in [9.17, 15) is 14.4 Å². The summed E-state index contributed by atoms with van der Waals surface area (Å²) in [6.07, 6.45) is 6.16. The van der Waals surface area contributed by atoms with Crippen LogP contribution in [0.1, 0.15) is 49.9 Å². The Balaban J connectivity index is 1.74. The minimum Gasteiger partial charge on any atom is -0.465 e. The zero-order valence-corrected chi connectivity index (χ0v) is 20.8. The van der Waals surface area contributed by atoms with E-state index in [1.54, 1.807) is 50.2 Å². The van der Waals surface area contributed by atoms with E-state index in [-0.39, 0.29) is 23.2 Å². The lowest BCUT2D eigenvalue weighted by atomic mass is 10.1. The van der Waals surface area contributed by atoms with Gasteiger partial charge in [0, 0.05) is 24.8 Å². The van der Waals surface area contributed by atoms with Crippen LogP contribution in [0.4, 0.5) is 15.6 Å². The Kier molecular flexibility index (Phi) is 9.13. The molecule has 1 fully saturated rings. The maximum atomic E-state index is 13.3. The fourth-order valence-corrected chi connectivity index (χ4v) is 5.76. The van der Waals surface area contributed by atoms with Crippen LogP contribution in [0.2, 0.25) is 0 Å². The molecule has 10 heteroatoms. The molecule has 1 aromatic heterocycles. The maximum absolute atomic E-state index is 13.3. The Bertz CT molecular complexity index is 975. The Labute approximate surface area is 202 Å². The minimum absolute atomic E-state index is 0.199. The molecule has 1 aliphatic carbocycles. The van der Waals surface area contributed by atoms with Crippen molar-refractivity contribution in [3.8, 4) is 0 Å². The fourth-order valence-electron chi connectivity index (χ4n) is 3.73. The van der Waals surface area contributed by atoms with E-state index in [0.717, 1.165) is 17.1 Å². The number of aromatic nitrogens is 1. The lowest BCUT2D eigenvalue weighted by molar-refractivity contribution is -0.142. The molecule has 8 nitrogen and oxygen atoms in total. The summed E-state index contributed by atoms with van der Waals surface area (Å²) in [5, 5.41) is 5.61. The number of thiazole rings is 1. The molecule has 0 radical (unpaired) electrons. The molecule has 1 unspecified atom stereocenters. The van der Waals surface area contributed by atoms with Crippen LogP contribution in [0.25, 0.3) is 0 Å². The van der Waals surface area contributed by atoms with Crippen LogP contribution in [-0.4, -0.2) is 48.3 Å². The third-order valence-electron chi connectivity index (χ3n) is 5.42. The van der Waals surface area contributed by atoms with Crippen molar-refractivity contribution in [2.45, 2.75) is 49.0 Å². The summed E-state index contributed by atoms with van der Waals surface area (Å²) in [6.45, 7) is 4.47. The third kappa shape index (κ3) is 6.94. The Hall–Kier alpha value is -2.59. The van der Waals surface area contributed by atoms with E-state index in [4.69, 9.17) is 4.74 Å². The first kappa shape index (κ1) is 25.0. The number of urea groups is 1. The molecular weight excluding hydrogens is 460 g/mol. The second kappa shape index (κ2) is 12.0. The number of carbonyl (C=O) groups excluding carboxylic acids is 3. The lowest BCUT2D eigenvalue weighted by Crippen LogP contribution is -2.38. The summed E-state index contributed by atoms with van der Waals surface area (Å²) in [7, 11) is 1.58. The van der Waals surface area contributed by atoms with Gasteiger partial charge in [0.25, 0.3) is 5.91 Å². The van der Waals surface area contributed by atoms with Gasteiger partial charge in [0.15, 0.2) is 5.13 Å². The number of benzene rings is 1. The van der Waals surface area contributed by atoms with Crippen LogP contribution in [0, 0.1) is 5.92 Å². The number of hydrogen-bond donors (Lipinski definition) is 2. The number of nitrogens with one attached hydrogen (secondary N) is 2. The first-order valence-electron chi connectivity index (χ1n) is 11.1. The van der Waals surface area contributed by atoms with Crippen molar-refractivity contribution in [2.24, 2.45) is 5.92 Å². The smallest absolute Gasteiger partial charge is 0.328 e. The normalized spacial score (nSPS) is 14.5. The van der Waals surface area contributed by atoms with Crippen molar-refractivity contribution in [3.63, 3.8) is 0 Å². The van der Waals surface area contributed by atoms with Crippen molar-refractivity contribution in [2.75, 3.05) is 30.4 Å². The summed E-state index contributed by atoms with van der Waals surface area (Å²) >= 11 is 2.66. The highest BCUT2D eigenvalue weighted by atomic mass is 32.2. The van der Waals surface area contributed by atoms with Crippen molar-refractivity contribution in [3.05, 3.63) is 36.0 Å². The Morgan fingerprint density at radius 3 is 2.76 bits per heavy atom. The molecule has 3 rings (SSSR count). The van der Waals surface area contributed by atoms with Crippen LogP contribution < -0.4 is 15.5 Å². The highest BCUT2D eigenvalue weighted by Gasteiger charge is 2.25. The third-order valence-corrected chi connectivity index (χ3v) is 7.55. The number of rotatable bonds is 9. The predicted octanol–water partition coefficient (Wildman–Crippen LogP) is 4.78. The van der Waals surface area contributed by atoms with Gasteiger partial charge in [-0.05, 0) is 50.8 Å². The van der Waals surface area contributed by atoms with Crippen molar-refractivity contribution < 1.29 is 19.1 Å². The minimum atomic E-state index is -0.361. The molecule has 0 aliphatic heterocycles. The molecule has 0 spiro atoms. The molecule has 1 saturated carbocycles. The van der Waals surface area contributed by atoms with E-state index in [1.807, 2.05) is 6.07 Å². The van der Waals surface area contributed by atoms with Gasteiger partial charge in [-0.1, -0.05) is 42.0 Å². The van der Waals surface area contributed by atoms with Crippen molar-refractivity contribution >= 4 is 51.8 Å². The van der Waals surface area contributed by atoms with E-state index < -0.39 is 0 Å². The second-order valence-electron chi connectivity index (χ2n) is 7.82. The quantitative estimate of drug-likeness (QED) is 0.388. The summed E-state index contributed by atoms with van der Waals surface area (Å²) in [6, 6.07) is 6.79. The van der Waals surface area contributed by atoms with E-state index in [2.05, 4.69) is 15.6 Å². The topological polar surface area (TPSA) is 101 Å². The van der Waals surface area contributed by atoms with Gasteiger partial charge in [-0.2, -0.15) is 0 Å². The number of thioether (sulfide) groups is 1. The second-order valence-corrected chi connectivity index (χ2v) is 10.5. The zero-order valence-electron chi connectivity index (χ0n) is 19.1. The highest BCUT2D eigenvalue weighted by molar-refractivity contribution is 8.02. The average Bonchev–Trinajstić information content (AvgIpc) is 3.49. The van der Waals surface area contributed by atoms with Gasteiger partial charge in [0.05, 0.1) is 17.0 Å². The summed E-state index contributed by atoms with van der Waals surface area (Å²) in [4.78, 5) is 43.2. The molecule has 2 N–H and O–H groups in total. The average molecular weight is 491 g/mol. The summed E-state index contributed by atoms with van der Waals surface area (Å²) in [5.74, 6) is -0.0529. The summed E-state index contributed by atoms with van der Waals surface area (Å²) in [5.41, 5.74) is 1.17. The largest absolute Gasteiger partial charge is 0.465 e. The predicted molar refractivity (Wildman–Crippen MR) is 132 cm³/mol. The molecule has 178 valence electrons. The van der Waals surface area contributed by atoms with Gasteiger partial charge < -0.3 is 10.1 Å². The lowest BCUT2D eigenvalue weighted by Gasteiger charge is -2.26. The van der Waals surface area contributed by atoms with E-state index in [1.165, 1.54) is 35.9 Å². The van der Waals surface area contributed by atoms with Crippen LogP contribution in [0.5, 0.6) is 0 Å². The molecule has 1 atom stereocenters. The molecule has 0 bridgehead atoms. The first-order chi connectivity index (χ1) is 15.9. The van der Waals surface area contributed by atoms with Crippen LogP contribution in [0.15, 0.2) is 34.7 Å². The number of ether oxygens (including phenoxy) is 1. The number of carbonyl (C=O) groups is 3. The Morgan fingerprint density at radius 1 is 1.30 bits per heavy atom. The first-order valence-corrected chi connectivity index (χ1v) is 12.8. The number of amides is 3. The summed E-state index contributed by atoms with van der Waals surface area (Å²) < 4.78 is 5.86. The zero-order chi connectivity index (χ0) is 23.8. The van der Waals surface area contributed by atoms with Gasteiger partial charge in [-0.15, -0.1) is 0 Å². The van der Waals surface area contributed by atoms with E-state index in [0.29, 0.717) is 35.5 Å². The highest BCUT2D eigenvalue weighted by Crippen LogP contribution is 2.33. The Morgan fingerprint density at radius 2 is 2.06 bits per heavy atom. The van der Waals surface area contributed by atoms with Gasteiger partial charge in [0.2, 0.25) is 0 Å². The number of hydrogen-bond acceptors (Lipinski definition) is 7. The maximum Gasteiger partial charge on any atom is 0.328 e. The fraction of sp³-hybridized carbons (Fsp3) is 0.478. The van der Waals surface area contributed by atoms with Gasteiger partial charge >= 0.3 is 12.0 Å². The van der Waals surface area contributed by atoms with Gasteiger partial charge in [-0.3, -0.25) is 19.8 Å². The van der Waals surface area contributed by atoms with E-state index >= 15 is 0 Å². The van der Waals surface area contributed by atoms with Crippen LogP contribution >= 0.6 is 23.1 Å². The molecule has 3 amide bonds. The van der Waals surface area contributed by atoms with Gasteiger partial charge in [0.1, 0.15) is 5.25 Å². The van der Waals surface area contributed by atoms with Crippen LogP contribution in [-0.2, 0) is 9.53 Å². The monoisotopic (exact) mass is 490 g/mol. The molecule has 33 heavy (non-hydrogen) atoms. The number of nitrogens with zero attached hydrogens (tertiary/aromatic N) is 2. The molecule has 0 saturated heterocycles. The van der Waals surface area contributed by atoms with Gasteiger partial charge in [-0.25, -0.2) is 9.78 Å². The molecule has 1 aliphatic rings. The van der Waals surface area contributed by atoms with Crippen molar-refractivity contribution in [1.29, 1.82) is 0 Å². The number of anilines is 2. The molecule has 1 aromatic carbocycles. The van der Waals surface area contributed by atoms with Crippen LogP contribution in [0.3, 0.4) is 0 Å². The van der Waals surface area contributed by atoms with Crippen molar-refractivity contribution in [1.82, 2.24) is 10.3 Å². The standard InChI is InChI=1S/C23H30N4O4S2/c1-4-31-21(29)15(2)32-19-13-25-22(33-19)26-23(30)27(14-16-8-5-6-9-16)18-11-7-10-17(12-18)20(28)24-3/h7,10-13,15-16H,4-6,8-9,14H2,1-3H3,(H,24,28)(H,25,26,30). The molecular formula is C23H30N4O4S2. The molecule has 2 aromatic rings. The number of esters is 1. The molecule has 1 heterocycles.